The fourth-order valence-electron chi connectivity index (χ4n) is 5.89. The molecule has 4 rings (SSSR count). The Morgan fingerprint density at radius 3 is 2.32 bits per heavy atom. The summed E-state index contributed by atoms with van der Waals surface area (Å²) >= 11 is 0. The Morgan fingerprint density at radius 1 is 0.974 bits per heavy atom. The first-order valence-electron chi connectivity index (χ1n) is 14.2. The van der Waals surface area contributed by atoms with Crippen LogP contribution >= 0.6 is 0 Å². The van der Waals surface area contributed by atoms with Gasteiger partial charge in [-0.1, -0.05) is 68.0 Å². The minimum Gasteiger partial charge on any atom is -0.508 e. The van der Waals surface area contributed by atoms with Gasteiger partial charge in [-0.25, -0.2) is 0 Å². The second-order valence-electron chi connectivity index (χ2n) is 10.6. The number of hydrogen-bond donors (Lipinski definition) is 2. The van der Waals surface area contributed by atoms with Gasteiger partial charge in [0, 0.05) is 44.5 Å². The minimum atomic E-state index is 0.142. The van der Waals surface area contributed by atoms with Gasteiger partial charge in [-0.05, 0) is 91.1 Å². The van der Waals surface area contributed by atoms with Crippen LogP contribution in [0.25, 0.3) is 11.1 Å². The van der Waals surface area contributed by atoms with Gasteiger partial charge in [0.25, 0.3) is 0 Å². The monoisotopic (exact) mass is 512 g/mol. The molecule has 1 saturated heterocycles. The highest BCUT2D eigenvalue weighted by molar-refractivity contribution is 5.99. The maximum Gasteiger partial charge on any atom is 0.118 e. The number of aromatic hydroxyl groups is 1. The maximum absolute atomic E-state index is 10.2. The number of piperazine rings is 1. The summed E-state index contributed by atoms with van der Waals surface area (Å²) < 4.78 is 0. The Hall–Kier alpha value is -3.08. The summed E-state index contributed by atoms with van der Waals surface area (Å²) in [6, 6.07) is 17.0. The largest absolute Gasteiger partial charge is 0.508 e. The lowest BCUT2D eigenvalue weighted by Crippen LogP contribution is -2.48. The van der Waals surface area contributed by atoms with Gasteiger partial charge in [0.15, 0.2) is 0 Å². The highest BCUT2D eigenvalue weighted by atomic mass is 16.3. The van der Waals surface area contributed by atoms with Gasteiger partial charge in [0.2, 0.25) is 0 Å². The number of rotatable bonds is 10. The molecule has 0 bridgehead atoms. The molecule has 0 atom stereocenters. The SMILES string of the molecule is C=C(\C=C/C(=C\C)C(=C(/CCCO)c1ccccc1)/c1ccc(O)c(C)c1)N1CCN(C2CCCC2)CC1. The summed E-state index contributed by atoms with van der Waals surface area (Å²) in [6.07, 6.45) is 13.4. The number of hydrogen-bond acceptors (Lipinski definition) is 4. The van der Waals surface area contributed by atoms with Crippen molar-refractivity contribution in [3.8, 4) is 5.75 Å². The average Bonchev–Trinajstić information content (AvgIpc) is 3.49. The number of aryl methyl sites for hydroxylation is 1. The molecule has 4 nitrogen and oxygen atoms in total. The Balaban J connectivity index is 1.63. The van der Waals surface area contributed by atoms with E-state index in [-0.39, 0.29) is 6.61 Å². The molecule has 38 heavy (non-hydrogen) atoms. The van der Waals surface area contributed by atoms with Crippen LogP contribution in [0.1, 0.15) is 62.1 Å². The number of aliphatic hydroxyl groups excluding tert-OH is 1. The summed E-state index contributed by atoms with van der Waals surface area (Å²) in [5.41, 5.74) is 7.54. The van der Waals surface area contributed by atoms with E-state index in [0.717, 1.165) is 72.2 Å². The Labute approximate surface area is 229 Å². The zero-order valence-corrected chi connectivity index (χ0v) is 23.2. The van der Waals surface area contributed by atoms with Gasteiger partial charge >= 0.3 is 0 Å². The van der Waals surface area contributed by atoms with E-state index in [2.05, 4.69) is 71.9 Å². The fourth-order valence-corrected chi connectivity index (χ4v) is 5.89. The van der Waals surface area contributed by atoms with Crippen LogP contribution in [0.15, 0.2) is 84.6 Å². The van der Waals surface area contributed by atoms with Crippen LogP contribution in [0, 0.1) is 6.92 Å². The van der Waals surface area contributed by atoms with Crippen molar-refractivity contribution in [1.29, 1.82) is 0 Å². The third-order valence-electron chi connectivity index (χ3n) is 8.11. The lowest BCUT2D eigenvalue weighted by atomic mass is 9.86. The Morgan fingerprint density at radius 2 is 1.68 bits per heavy atom. The molecule has 0 radical (unpaired) electrons. The predicted octanol–water partition coefficient (Wildman–Crippen LogP) is 6.96. The third-order valence-corrected chi connectivity index (χ3v) is 8.11. The summed E-state index contributed by atoms with van der Waals surface area (Å²) in [4.78, 5) is 5.09. The third kappa shape index (κ3) is 6.86. The highest BCUT2D eigenvalue weighted by Gasteiger charge is 2.26. The number of phenolic OH excluding ortho intramolecular Hbond substituents is 1. The van der Waals surface area contributed by atoms with Crippen LogP contribution in [0.3, 0.4) is 0 Å². The maximum atomic E-state index is 10.2. The van der Waals surface area contributed by atoms with Crippen LogP contribution in [0.4, 0.5) is 0 Å². The molecule has 2 aromatic rings. The topological polar surface area (TPSA) is 46.9 Å². The number of aliphatic hydroxyl groups is 1. The van der Waals surface area contributed by atoms with Crippen molar-refractivity contribution in [3.05, 3.63) is 101 Å². The van der Waals surface area contributed by atoms with Crippen LogP contribution in [0.5, 0.6) is 5.75 Å². The van der Waals surface area contributed by atoms with Crippen LogP contribution in [0.2, 0.25) is 0 Å². The first-order chi connectivity index (χ1) is 18.5. The van der Waals surface area contributed by atoms with Crippen LogP contribution in [-0.4, -0.2) is 58.8 Å². The predicted molar refractivity (Wildman–Crippen MR) is 160 cm³/mol. The quantitative estimate of drug-likeness (QED) is 0.267. The molecule has 2 N–H and O–H groups in total. The number of phenols is 1. The van der Waals surface area contributed by atoms with Gasteiger partial charge in [-0.15, -0.1) is 0 Å². The van der Waals surface area contributed by atoms with Crippen LogP contribution < -0.4 is 0 Å². The van der Waals surface area contributed by atoms with Gasteiger partial charge in [0.05, 0.1) is 0 Å². The first-order valence-corrected chi connectivity index (χ1v) is 14.2. The molecule has 1 aliphatic heterocycles. The first kappa shape index (κ1) is 27.9. The molecule has 2 aliphatic rings. The molecule has 0 amide bonds. The van der Waals surface area contributed by atoms with Crippen molar-refractivity contribution in [2.24, 2.45) is 0 Å². The van der Waals surface area contributed by atoms with Crippen molar-refractivity contribution in [3.63, 3.8) is 0 Å². The van der Waals surface area contributed by atoms with E-state index in [1.165, 1.54) is 31.3 Å². The van der Waals surface area contributed by atoms with E-state index in [0.29, 0.717) is 12.2 Å². The number of nitrogens with zero attached hydrogens (tertiary/aromatic N) is 2. The second kappa shape index (κ2) is 13.6. The lowest BCUT2D eigenvalue weighted by molar-refractivity contribution is 0.120. The number of allylic oxidation sites excluding steroid dienone is 6. The van der Waals surface area contributed by atoms with E-state index in [1.54, 1.807) is 6.07 Å². The highest BCUT2D eigenvalue weighted by Crippen LogP contribution is 2.37. The van der Waals surface area contributed by atoms with Crippen molar-refractivity contribution in [1.82, 2.24) is 9.80 Å². The van der Waals surface area contributed by atoms with E-state index >= 15 is 0 Å². The van der Waals surface area contributed by atoms with Gasteiger partial charge < -0.3 is 15.1 Å². The normalized spacial score (nSPS) is 18.3. The summed E-state index contributed by atoms with van der Waals surface area (Å²) in [6.45, 7) is 12.9. The molecule has 4 heteroatoms. The minimum absolute atomic E-state index is 0.142. The van der Waals surface area contributed by atoms with Crippen molar-refractivity contribution < 1.29 is 10.2 Å². The zero-order valence-electron chi connectivity index (χ0n) is 23.2. The Kier molecular flexibility index (Phi) is 10.0. The van der Waals surface area contributed by atoms with E-state index < -0.39 is 0 Å². The van der Waals surface area contributed by atoms with Crippen LogP contribution in [-0.2, 0) is 0 Å². The van der Waals surface area contributed by atoms with E-state index in [1.807, 2.05) is 19.1 Å². The molecule has 2 aromatic carbocycles. The Bertz CT molecular complexity index is 1160. The molecular weight excluding hydrogens is 468 g/mol. The van der Waals surface area contributed by atoms with Gasteiger partial charge in [-0.2, -0.15) is 0 Å². The molecule has 0 unspecified atom stereocenters. The summed E-state index contributed by atoms with van der Waals surface area (Å²) in [7, 11) is 0. The summed E-state index contributed by atoms with van der Waals surface area (Å²) in [5.74, 6) is 0.299. The molecular formula is C34H44N2O2. The fraction of sp³-hybridized carbons (Fsp3) is 0.412. The standard InChI is InChI=1S/C34H44N2O2/c1-4-28(17-16-27(3)35-20-22-36(23-21-35)31-13-8-9-14-31)34(30-18-19-33(38)26(2)25-30)32(15-10-24-37)29-11-6-5-7-12-29/h4-7,11-12,16-19,25,31,37-38H,3,8-10,13-15,20-24H2,1-2H3/b17-16-,28-4+,34-32+. The number of benzene rings is 2. The second-order valence-corrected chi connectivity index (χ2v) is 10.6. The molecule has 1 saturated carbocycles. The molecule has 2 fully saturated rings. The van der Waals surface area contributed by atoms with Gasteiger partial charge in [0.1, 0.15) is 5.75 Å². The zero-order chi connectivity index (χ0) is 26.9. The van der Waals surface area contributed by atoms with E-state index in [4.69, 9.17) is 0 Å². The average molecular weight is 513 g/mol. The van der Waals surface area contributed by atoms with Crippen molar-refractivity contribution >= 4 is 11.1 Å². The molecule has 0 aromatic heterocycles. The molecule has 1 heterocycles. The van der Waals surface area contributed by atoms with Crippen molar-refractivity contribution in [2.75, 3.05) is 32.8 Å². The van der Waals surface area contributed by atoms with Gasteiger partial charge in [-0.3, -0.25) is 4.90 Å². The molecule has 0 spiro atoms. The van der Waals surface area contributed by atoms with E-state index in [9.17, 15) is 10.2 Å². The summed E-state index contributed by atoms with van der Waals surface area (Å²) in [5, 5.41) is 19.9. The lowest BCUT2D eigenvalue weighted by Gasteiger charge is -2.39. The van der Waals surface area contributed by atoms with Crippen molar-refractivity contribution in [2.45, 2.75) is 58.4 Å². The molecule has 1 aliphatic carbocycles. The smallest absolute Gasteiger partial charge is 0.118 e. The molecule has 202 valence electrons.